The van der Waals surface area contributed by atoms with Crippen molar-refractivity contribution in [3.8, 4) is 0 Å². The maximum absolute atomic E-state index is 5.12. The molecule has 4 N–H and O–H groups in total. The highest BCUT2D eigenvalue weighted by Crippen LogP contribution is 2.04. The lowest BCUT2D eigenvalue weighted by atomic mass is 10.1. The summed E-state index contributed by atoms with van der Waals surface area (Å²) in [7, 11) is 1.50. The summed E-state index contributed by atoms with van der Waals surface area (Å²) in [5.41, 5.74) is 12.1. The lowest BCUT2D eigenvalue weighted by Gasteiger charge is -1.96. The van der Waals surface area contributed by atoms with Crippen LogP contribution in [0, 0.1) is 6.92 Å². The van der Waals surface area contributed by atoms with Crippen molar-refractivity contribution < 1.29 is 0 Å². The van der Waals surface area contributed by atoms with Crippen molar-refractivity contribution in [2.24, 2.45) is 16.5 Å². The minimum atomic E-state index is 0.679. The molecule has 1 aromatic carbocycles. The fourth-order valence-corrected chi connectivity index (χ4v) is 0.969. The highest BCUT2D eigenvalue weighted by molar-refractivity contribution is 5.51. The lowest BCUT2D eigenvalue weighted by molar-refractivity contribution is 1.07. The van der Waals surface area contributed by atoms with E-state index in [0.29, 0.717) is 6.54 Å². The molecule has 0 radical (unpaired) electrons. The first-order chi connectivity index (χ1) is 6.33. The second-order valence-corrected chi connectivity index (χ2v) is 2.48. The van der Waals surface area contributed by atoms with Crippen molar-refractivity contribution in [2.45, 2.75) is 13.5 Å². The van der Waals surface area contributed by atoms with Gasteiger partial charge in [0.15, 0.2) is 0 Å². The van der Waals surface area contributed by atoms with E-state index < -0.39 is 0 Å². The number of nitrogens with two attached hydrogens (primary N) is 2. The van der Waals surface area contributed by atoms with Gasteiger partial charge in [0.1, 0.15) is 0 Å². The van der Waals surface area contributed by atoms with Gasteiger partial charge in [-0.3, -0.25) is 4.99 Å². The van der Waals surface area contributed by atoms with Crippen molar-refractivity contribution in [2.75, 3.05) is 7.05 Å². The molecule has 0 unspecified atom stereocenters. The molecule has 0 aliphatic rings. The van der Waals surface area contributed by atoms with E-state index in [-0.39, 0.29) is 0 Å². The Morgan fingerprint density at radius 1 is 1.38 bits per heavy atom. The van der Waals surface area contributed by atoms with E-state index in [1.165, 1.54) is 24.5 Å². The summed E-state index contributed by atoms with van der Waals surface area (Å²) in [5.74, 6) is 0. The third kappa shape index (κ3) is 4.98. The van der Waals surface area contributed by atoms with E-state index >= 15 is 0 Å². The zero-order valence-electron chi connectivity index (χ0n) is 8.20. The van der Waals surface area contributed by atoms with E-state index in [0.717, 1.165) is 0 Å². The number of aryl methyl sites for hydroxylation is 1. The van der Waals surface area contributed by atoms with E-state index in [2.05, 4.69) is 29.8 Å². The summed E-state index contributed by atoms with van der Waals surface area (Å²) in [4.78, 5) is 3.94. The third-order valence-corrected chi connectivity index (χ3v) is 1.46. The van der Waals surface area contributed by atoms with Crippen molar-refractivity contribution in [1.82, 2.24) is 0 Å². The standard InChI is InChI=1S/C9H12N2.CH5N/c1-8-3-2-4-9(5-8)6-11-7-10;1-2/h2-5,7H,6H2,1H3,(H2,10,11);2H2,1H3. The third-order valence-electron chi connectivity index (χ3n) is 1.46. The Bertz CT molecular complexity index is 256. The van der Waals surface area contributed by atoms with Gasteiger partial charge in [0.25, 0.3) is 0 Å². The molecule has 1 aromatic rings. The van der Waals surface area contributed by atoms with Crippen LogP contribution >= 0.6 is 0 Å². The molecule has 0 atom stereocenters. The van der Waals surface area contributed by atoms with Crippen LogP contribution in [0.4, 0.5) is 0 Å². The average molecular weight is 179 g/mol. The topological polar surface area (TPSA) is 64.4 Å². The van der Waals surface area contributed by atoms with Crippen LogP contribution in [0.5, 0.6) is 0 Å². The zero-order valence-corrected chi connectivity index (χ0v) is 8.20. The van der Waals surface area contributed by atoms with Crippen LogP contribution in [0.1, 0.15) is 11.1 Å². The monoisotopic (exact) mass is 179 g/mol. The van der Waals surface area contributed by atoms with Crippen LogP contribution in [0.3, 0.4) is 0 Å². The summed E-state index contributed by atoms with van der Waals surface area (Å²) in [6.45, 7) is 2.74. The zero-order chi connectivity index (χ0) is 10.1. The first-order valence-corrected chi connectivity index (χ1v) is 4.16. The Balaban J connectivity index is 0.000000671. The van der Waals surface area contributed by atoms with Crippen molar-refractivity contribution in [3.05, 3.63) is 35.4 Å². The molecule has 72 valence electrons. The Hall–Kier alpha value is -1.35. The van der Waals surface area contributed by atoms with Crippen LogP contribution in [0.25, 0.3) is 0 Å². The fraction of sp³-hybridized carbons (Fsp3) is 0.300. The summed E-state index contributed by atoms with van der Waals surface area (Å²) in [6.07, 6.45) is 1.34. The molecule has 0 aliphatic heterocycles. The number of aliphatic imine (C=N–C) groups is 1. The van der Waals surface area contributed by atoms with E-state index in [1.54, 1.807) is 0 Å². The van der Waals surface area contributed by atoms with Crippen LogP contribution in [-0.2, 0) is 6.54 Å². The first-order valence-electron chi connectivity index (χ1n) is 4.16. The minimum absolute atomic E-state index is 0.679. The van der Waals surface area contributed by atoms with Gasteiger partial charge in [-0.2, -0.15) is 0 Å². The molecular weight excluding hydrogens is 162 g/mol. The van der Waals surface area contributed by atoms with Gasteiger partial charge >= 0.3 is 0 Å². The van der Waals surface area contributed by atoms with Gasteiger partial charge in [-0.05, 0) is 19.5 Å². The molecule has 0 amide bonds. The number of rotatable bonds is 2. The van der Waals surface area contributed by atoms with Crippen molar-refractivity contribution >= 4 is 6.34 Å². The van der Waals surface area contributed by atoms with Crippen molar-refractivity contribution in [1.29, 1.82) is 0 Å². The largest absolute Gasteiger partial charge is 0.390 e. The van der Waals surface area contributed by atoms with Gasteiger partial charge in [-0.1, -0.05) is 29.8 Å². The Labute approximate surface area is 79.5 Å². The molecule has 0 saturated heterocycles. The predicted octanol–water partition coefficient (Wildman–Crippen LogP) is 1.06. The van der Waals surface area contributed by atoms with Crippen LogP contribution < -0.4 is 11.5 Å². The predicted molar refractivity (Wildman–Crippen MR) is 57.7 cm³/mol. The highest BCUT2D eigenvalue weighted by Gasteiger charge is 1.88. The van der Waals surface area contributed by atoms with Gasteiger partial charge in [0.2, 0.25) is 0 Å². The van der Waals surface area contributed by atoms with E-state index in [1.807, 2.05) is 12.1 Å². The van der Waals surface area contributed by atoms with Gasteiger partial charge < -0.3 is 11.5 Å². The second kappa shape index (κ2) is 7.31. The molecule has 0 heterocycles. The SMILES string of the molecule is CN.Cc1cccc(CN=CN)c1. The van der Waals surface area contributed by atoms with Gasteiger partial charge in [-0.15, -0.1) is 0 Å². The normalized spacial score (nSPS) is 9.46. The summed E-state index contributed by atoms with van der Waals surface area (Å²) in [6, 6.07) is 8.24. The summed E-state index contributed by atoms with van der Waals surface area (Å²) >= 11 is 0. The summed E-state index contributed by atoms with van der Waals surface area (Å²) < 4.78 is 0. The van der Waals surface area contributed by atoms with Gasteiger partial charge in [0, 0.05) is 0 Å². The number of hydrogen-bond acceptors (Lipinski definition) is 2. The quantitative estimate of drug-likeness (QED) is 0.526. The fourth-order valence-electron chi connectivity index (χ4n) is 0.969. The van der Waals surface area contributed by atoms with Crippen LogP contribution in [-0.4, -0.2) is 13.4 Å². The molecule has 0 spiro atoms. The molecule has 0 saturated carbocycles. The van der Waals surface area contributed by atoms with E-state index in [9.17, 15) is 0 Å². The Kier molecular flexibility index (Phi) is 6.55. The molecule has 0 aromatic heterocycles. The Morgan fingerprint density at radius 3 is 2.62 bits per heavy atom. The smallest absolute Gasteiger partial charge is 0.0801 e. The number of hydrogen-bond donors (Lipinski definition) is 2. The van der Waals surface area contributed by atoms with Crippen LogP contribution in [0.15, 0.2) is 29.3 Å². The first kappa shape index (κ1) is 11.6. The molecule has 0 bridgehead atoms. The molecule has 13 heavy (non-hydrogen) atoms. The number of benzene rings is 1. The van der Waals surface area contributed by atoms with Crippen LogP contribution in [0.2, 0.25) is 0 Å². The maximum atomic E-state index is 5.12. The van der Waals surface area contributed by atoms with Gasteiger partial charge in [-0.25, -0.2) is 0 Å². The summed E-state index contributed by atoms with van der Waals surface area (Å²) in [5, 5.41) is 0. The molecule has 1 rings (SSSR count). The van der Waals surface area contributed by atoms with Gasteiger partial charge in [0.05, 0.1) is 12.9 Å². The molecular formula is C10H17N3. The average Bonchev–Trinajstić information content (AvgIpc) is 2.18. The molecule has 3 heteroatoms. The molecule has 0 aliphatic carbocycles. The number of nitrogens with zero attached hydrogens (tertiary/aromatic N) is 1. The Morgan fingerprint density at radius 2 is 2.08 bits per heavy atom. The lowest BCUT2D eigenvalue weighted by Crippen LogP contribution is -1.90. The highest BCUT2D eigenvalue weighted by atomic mass is 14.8. The second-order valence-electron chi connectivity index (χ2n) is 2.48. The molecule has 3 nitrogen and oxygen atoms in total. The minimum Gasteiger partial charge on any atom is -0.390 e. The van der Waals surface area contributed by atoms with E-state index in [4.69, 9.17) is 5.73 Å². The van der Waals surface area contributed by atoms with Crippen molar-refractivity contribution in [3.63, 3.8) is 0 Å². The maximum Gasteiger partial charge on any atom is 0.0801 e. The molecule has 0 fully saturated rings.